The first kappa shape index (κ1) is 23.6. The van der Waals surface area contributed by atoms with E-state index in [0.29, 0.717) is 23.9 Å². The van der Waals surface area contributed by atoms with Gasteiger partial charge in [-0.2, -0.15) is 8.78 Å². The first-order chi connectivity index (χ1) is 15.9. The van der Waals surface area contributed by atoms with Gasteiger partial charge in [0.2, 0.25) is 0 Å². The van der Waals surface area contributed by atoms with Crippen LogP contribution in [0.3, 0.4) is 0 Å². The van der Waals surface area contributed by atoms with Crippen molar-refractivity contribution in [3.63, 3.8) is 0 Å². The van der Waals surface area contributed by atoms with Crippen molar-refractivity contribution in [1.82, 2.24) is 0 Å². The van der Waals surface area contributed by atoms with E-state index in [-0.39, 0.29) is 11.1 Å². The summed E-state index contributed by atoms with van der Waals surface area (Å²) in [7, 11) is 0. The summed E-state index contributed by atoms with van der Waals surface area (Å²) >= 11 is 0. The number of fused-ring (bicyclic) bond motifs is 1. The van der Waals surface area contributed by atoms with E-state index in [4.69, 9.17) is 4.74 Å². The molecule has 4 rings (SSSR count). The number of ether oxygens (including phenoxy) is 2. The van der Waals surface area contributed by atoms with Gasteiger partial charge < -0.3 is 9.47 Å². The molecule has 2 fully saturated rings. The van der Waals surface area contributed by atoms with Crippen LogP contribution in [0.15, 0.2) is 36.4 Å². The van der Waals surface area contributed by atoms with Crippen molar-refractivity contribution >= 4 is 0 Å². The summed E-state index contributed by atoms with van der Waals surface area (Å²) in [6, 6.07) is 8.61. The molecule has 0 aliphatic heterocycles. The zero-order chi connectivity index (χ0) is 23.4. The Hall–Kier alpha value is -2.52. The highest BCUT2D eigenvalue weighted by atomic mass is 19.3. The molecule has 0 saturated heterocycles. The Morgan fingerprint density at radius 2 is 1.70 bits per heavy atom. The second kappa shape index (κ2) is 10.6. The molecule has 2 aliphatic rings. The molecule has 4 unspecified atom stereocenters. The molecule has 2 saturated carbocycles. The van der Waals surface area contributed by atoms with E-state index in [0.717, 1.165) is 56.4 Å². The van der Waals surface area contributed by atoms with E-state index >= 15 is 0 Å². The van der Waals surface area contributed by atoms with Gasteiger partial charge in [0.05, 0.1) is 11.7 Å². The largest absolute Gasteiger partial charge is 0.432 e. The van der Waals surface area contributed by atoms with Gasteiger partial charge in [0.1, 0.15) is 5.82 Å². The maximum atomic E-state index is 14.8. The molecule has 0 spiro atoms. The number of rotatable bonds is 5. The maximum absolute atomic E-state index is 14.8. The van der Waals surface area contributed by atoms with E-state index < -0.39 is 24.0 Å². The van der Waals surface area contributed by atoms with Gasteiger partial charge in [-0.25, -0.2) is 8.78 Å². The third-order valence-electron chi connectivity index (χ3n) is 6.92. The van der Waals surface area contributed by atoms with Gasteiger partial charge in [0.25, 0.3) is 0 Å². The Morgan fingerprint density at radius 1 is 0.909 bits per heavy atom. The minimum absolute atomic E-state index is 0.220. The summed E-state index contributed by atoms with van der Waals surface area (Å²) in [5, 5.41) is 0. The molecule has 0 heterocycles. The summed E-state index contributed by atoms with van der Waals surface area (Å²) in [4.78, 5) is 0. The lowest BCUT2D eigenvalue weighted by atomic mass is 9.65. The first-order valence-electron chi connectivity index (χ1n) is 11.6. The van der Waals surface area contributed by atoms with E-state index in [1.807, 2.05) is 13.0 Å². The Labute approximate surface area is 192 Å². The van der Waals surface area contributed by atoms with Gasteiger partial charge in [0, 0.05) is 12.2 Å². The fourth-order valence-corrected chi connectivity index (χ4v) is 5.33. The van der Waals surface area contributed by atoms with Crippen LogP contribution >= 0.6 is 0 Å². The van der Waals surface area contributed by atoms with Gasteiger partial charge in [-0.3, -0.25) is 0 Å². The molecule has 0 amide bonds. The van der Waals surface area contributed by atoms with Crippen LogP contribution in [0, 0.1) is 35.3 Å². The number of halogens is 4. The molecule has 176 valence electrons. The van der Waals surface area contributed by atoms with Crippen LogP contribution in [0.25, 0.3) is 0 Å². The zero-order valence-electron chi connectivity index (χ0n) is 18.6. The highest BCUT2D eigenvalue weighted by Crippen LogP contribution is 2.46. The molecule has 4 atom stereocenters. The molecule has 2 aromatic carbocycles. The van der Waals surface area contributed by atoms with Crippen LogP contribution in [0.5, 0.6) is 5.75 Å². The SMILES string of the molecule is CCOC1CCC2CC(c3ccc(C#Cc4ccc(OC(F)F)c(F)c4)c(F)c3)CCC2C1. The van der Waals surface area contributed by atoms with E-state index in [1.165, 1.54) is 12.5 Å². The van der Waals surface area contributed by atoms with Gasteiger partial charge in [-0.05, 0) is 99.1 Å². The zero-order valence-corrected chi connectivity index (χ0v) is 18.6. The van der Waals surface area contributed by atoms with E-state index in [1.54, 1.807) is 12.1 Å². The molecule has 2 nitrogen and oxygen atoms in total. The van der Waals surface area contributed by atoms with Crippen LogP contribution in [-0.4, -0.2) is 19.3 Å². The topological polar surface area (TPSA) is 18.5 Å². The lowest BCUT2D eigenvalue weighted by Crippen LogP contribution is -2.33. The average Bonchev–Trinajstić information content (AvgIpc) is 2.79. The van der Waals surface area contributed by atoms with Crippen molar-refractivity contribution in [2.24, 2.45) is 11.8 Å². The number of hydrogen-bond donors (Lipinski definition) is 0. The van der Waals surface area contributed by atoms with Crippen LogP contribution in [0.4, 0.5) is 17.6 Å². The van der Waals surface area contributed by atoms with Crippen LogP contribution in [0.1, 0.15) is 68.1 Å². The summed E-state index contributed by atoms with van der Waals surface area (Å²) in [5.41, 5.74) is 1.47. The minimum Gasteiger partial charge on any atom is -0.432 e. The maximum Gasteiger partial charge on any atom is 0.387 e. The lowest BCUT2D eigenvalue weighted by molar-refractivity contribution is -0.0521. The Kier molecular flexibility index (Phi) is 7.60. The summed E-state index contributed by atoms with van der Waals surface area (Å²) in [6.45, 7) is -0.290. The minimum atomic E-state index is -3.11. The normalized spacial score (nSPS) is 24.7. The van der Waals surface area contributed by atoms with Crippen molar-refractivity contribution in [1.29, 1.82) is 0 Å². The smallest absolute Gasteiger partial charge is 0.387 e. The van der Waals surface area contributed by atoms with Gasteiger partial charge in [-0.15, -0.1) is 0 Å². The monoisotopic (exact) mass is 460 g/mol. The number of benzene rings is 2. The highest BCUT2D eigenvalue weighted by molar-refractivity contribution is 5.46. The molecule has 2 aromatic rings. The first-order valence-corrected chi connectivity index (χ1v) is 11.6. The fourth-order valence-electron chi connectivity index (χ4n) is 5.33. The molecular weight excluding hydrogens is 432 g/mol. The van der Waals surface area contributed by atoms with E-state index in [2.05, 4.69) is 16.6 Å². The van der Waals surface area contributed by atoms with Crippen molar-refractivity contribution in [3.8, 4) is 17.6 Å². The second-order valence-corrected chi connectivity index (χ2v) is 8.93. The molecule has 0 radical (unpaired) electrons. The summed E-state index contributed by atoms with van der Waals surface area (Å²) < 4.78 is 63.0. The third-order valence-corrected chi connectivity index (χ3v) is 6.92. The standard InChI is InChI=1S/C27H28F4O2/c1-2-32-23-11-10-20-14-19(8-9-21(20)15-23)22-7-6-18(24(28)16-22)5-3-17-4-12-26(25(29)13-17)33-27(30)31/h4,6-7,12-13,16,19-21,23,27H,2,8-11,14-15H2,1H3. The van der Waals surface area contributed by atoms with Crippen LogP contribution < -0.4 is 4.74 Å². The predicted molar refractivity (Wildman–Crippen MR) is 118 cm³/mol. The van der Waals surface area contributed by atoms with Gasteiger partial charge >= 0.3 is 6.61 Å². The van der Waals surface area contributed by atoms with Crippen molar-refractivity contribution in [2.75, 3.05) is 6.61 Å². The molecule has 33 heavy (non-hydrogen) atoms. The Morgan fingerprint density at radius 3 is 2.42 bits per heavy atom. The summed E-state index contributed by atoms with van der Waals surface area (Å²) in [6.07, 6.45) is 7.11. The Bertz CT molecular complexity index is 1030. The molecule has 2 aliphatic carbocycles. The van der Waals surface area contributed by atoms with Crippen molar-refractivity contribution < 1.29 is 27.0 Å². The van der Waals surface area contributed by atoms with Crippen molar-refractivity contribution in [2.45, 2.75) is 64.1 Å². The van der Waals surface area contributed by atoms with Gasteiger partial charge in [-0.1, -0.05) is 17.9 Å². The summed E-state index contributed by atoms with van der Waals surface area (Å²) in [5.74, 6) is 5.24. The van der Waals surface area contributed by atoms with Crippen LogP contribution in [-0.2, 0) is 4.74 Å². The molecule has 0 aromatic heterocycles. The second-order valence-electron chi connectivity index (χ2n) is 8.93. The molecular formula is C27H28F4O2. The van der Waals surface area contributed by atoms with Crippen LogP contribution in [0.2, 0.25) is 0 Å². The highest BCUT2D eigenvalue weighted by Gasteiger charge is 2.36. The van der Waals surface area contributed by atoms with Gasteiger partial charge in [0.15, 0.2) is 11.6 Å². The van der Waals surface area contributed by atoms with E-state index in [9.17, 15) is 17.6 Å². The Balaban J connectivity index is 1.41. The van der Waals surface area contributed by atoms with Crippen molar-refractivity contribution in [3.05, 3.63) is 64.7 Å². The quantitative estimate of drug-likeness (QED) is 0.351. The lowest BCUT2D eigenvalue weighted by Gasteiger charge is -2.42. The fraction of sp³-hybridized carbons (Fsp3) is 0.481. The predicted octanol–water partition coefficient (Wildman–Crippen LogP) is 7.05. The molecule has 6 heteroatoms. The molecule has 0 N–H and O–H groups in total. The average molecular weight is 461 g/mol. The third kappa shape index (κ3) is 5.89. The number of alkyl halides is 2. The number of hydrogen-bond acceptors (Lipinski definition) is 2. The molecule has 0 bridgehead atoms.